The van der Waals surface area contributed by atoms with Crippen LogP contribution in [0.4, 0.5) is 14.7 Å². The summed E-state index contributed by atoms with van der Waals surface area (Å²) in [6, 6.07) is 23.8. The summed E-state index contributed by atoms with van der Waals surface area (Å²) < 4.78 is 27.0. The summed E-state index contributed by atoms with van der Waals surface area (Å²) in [7, 11) is 1.94. The minimum Gasteiger partial charge on any atom is -0.489 e. The Labute approximate surface area is 351 Å². The van der Waals surface area contributed by atoms with E-state index in [0.717, 1.165) is 22.2 Å². The minimum absolute atomic E-state index is 0.0640. The number of aromatic nitrogens is 3. The van der Waals surface area contributed by atoms with E-state index in [-0.39, 0.29) is 22.8 Å². The third-order valence-corrected chi connectivity index (χ3v) is 9.76. The van der Waals surface area contributed by atoms with Crippen LogP contribution in [0.15, 0.2) is 95.6 Å². The fourth-order valence-corrected chi connectivity index (χ4v) is 6.92. The van der Waals surface area contributed by atoms with E-state index in [2.05, 4.69) is 20.1 Å². The number of carbonyl (C=O) groups is 4. The average Bonchev–Trinajstić information content (AvgIpc) is 3.74. The number of aliphatic carboxylic acids is 1. The number of carboxylic acids is 1. The first-order valence-corrected chi connectivity index (χ1v) is 20.1. The number of nitrogens with zero attached hydrogens (tertiary/aromatic N) is 5. The molecule has 1 aliphatic heterocycles. The molecule has 5 aromatic rings. The van der Waals surface area contributed by atoms with E-state index >= 15 is 0 Å². The average molecular weight is 842 g/mol. The molecule has 0 spiro atoms. The maximum absolute atomic E-state index is 14.1. The van der Waals surface area contributed by atoms with E-state index in [1.807, 2.05) is 111 Å². The number of esters is 1. The number of aryl methyl sites for hydroxylation is 1. The highest BCUT2D eigenvalue weighted by molar-refractivity contribution is 7.14. The fraction of sp³-hybridized carbons (Fsp3) is 0.372. The number of oxime groups is 1. The Morgan fingerprint density at radius 1 is 0.933 bits per heavy atom. The van der Waals surface area contributed by atoms with Crippen LogP contribution in [-0.2, 0) is 42.2 Å². The summed E-state index contributed by atoms with van der Waals surface area (Å²) in [6.07, 6.45) is -1.49. The second-order valence-electron chi connectivity index (χ2n) is 16.2. The molecule has 1 atom stereocenters. The zero-order valence-electron chi connectivity index (χ0n) is 34.5. The summed E-state index contributed by atoms with van der Waals surface area (Å²) in [5.41, 5.74) is 0.237. The lowest BCUT2D eigenvalue weighted by molar-refractivity contribution is -0.777. The number of benzene rings is 3. The molecule has 316 valence electrons. The highest BCUT2D eigenvalue weighted by atomic mass is 32.1. The quantitative estimate of drug-likeness (QED) is 0.0398. The van der Waals surface area contributed by atoms with Crippen LogP contribution < -0.4 is 14.7 Å². The Hall–Kier alpha value is -6.49. The van der Waals surface area contributed by atoms with Crippen molar-refractivity contribution in [3.8, 4) is 5.75 Å². The topological polar surface area (TPSA) is 184 Å². The first kappa shape index (κ1) is 43.1. The van der Waals surface area contributed by atoms with Crippen LogP contribution in [0.2, 0.25) is 0 Å². The van der Waals surface area contributed by atoms with E-state index in [0.29, 0.717) is 36.5 Å². The lowest BCUT2D eigenvalue weighted by Crippen LogP contribution is -2.57. The smallest absolute Gasteiger partial charge is 0.413 e. The number of amides is 2. The molecule has 0 bridgehead atoms. The van der Waals surface area contributed by atoms with Gasteiger partial charge in [0.15, 0.2) is 17.8 Å². The number of likely N-dealkylation sites (tertiary alicyclic amines) is 1. The number of carbonyl (C=O) groups excluding carboxylic acids is 3. The van der Waals surface area contributed by atoms with Crippen molar-refractivity contribution in [3.05, 3.63) is 107 Å². The molecule has 17 heteroatoms. The highest BCUT2D eigenvalue weighted by Crippen LogP contribution is 2.28. The molecule has 0 radical (unpaired) electrons. The van der Waals surface area contributed by atoms with Gasteiger partial charge in [-0.1, -0.05) is 65.8 Å². The third-order valence-electron chi connectivity index (χ3n) is 9.01. The first-order chi connectivity index (χ1) is 28.4. The molecule has 1 fully saturated rings. The van der Waals surface area contributed by atoms with Crippen LogP contribution in [-0.4, -0.2) is 86.5 Å². The second kappa shape index (κ2) is 18.2. The molecule has 6 rings (SSSR count). The molecular weight excluding hydrogens is 793 g/mol. The largest absolute Gasteiger partial charge is 0.489 e. The lowest BCUT2D eigenvalue weighted by atomic mass is 10.0. The SMILES string of the molecule is Cn1c2ccc(OCC(ON=C(C(=O)O)c3csc(NC(=O)OC(C)(C)C)n3)C(=O)OC(c3ccccc3)c3ccccc3)cc2c[n+]1CC1CN(C(=O)OC(C)(C)C)C1. The standard InChI is InChI=1S/C43H48N6O10S/c1-42(2,3)57-40(53)45-39-44-32(26-60-39)35(37(50)51)46-59-34(38(52)56-36(28-14-10-8-11-15-28)29-16-12-9-13-17-29)25-55-31-18-19-33-30(20-31)24-49(47(33)7)23-27-21-48(22-27)41(54)58-43(4,5)6/h8-20,24,26-27,34,36H,21-23,25H2,1-7H3,(H-,44,45,50,51,53)/p+1. The van der Waals surface area contributed by atoms with Crippen molar-refractivity contribution in [2.75, 3.05) is 25.0 Å². The van der Waals surface area contributed by atoms with Crippen molar-refractivity contribution in [3.63, 3.8) is 0 Å². The third kappa shape index (κ3) is 11.4. The Morgan fingerprint density at radius 2 is 1.57 bits per heavy atom. The van der Waals surface area contributed by atoms with E-state index in [1.165, 1.54) is 5.38 Å². The summed E-state index contributed by atoms with van der Waals surface area (Å²) in [6.45, 7) is 12.1. The van der Waals surface area contributed by atoms with Gasteiger partial charge in [0, 0.05) is 18.5 Å². The van der Waals surface area contributed by atoms with Gasteiger partial charge in [0.2, 0.25) is 11.9 Å². The maximum Gasteiger partial charge on any atom is 0.413 e. The van der Waals surface area contributed by atoms with Crippen molar-refractivity contribution < 1.29 is 52.8 Å². The number of nitrogens with one attached hydrogen (secondary N) is 1. The number of carboxylic acid groups (broad SMARTS) is 1. The lowest BCUT2D eigenvalue weighted by Gasteiger charge is -2.38. The van der Waals surface area contributed by atoms with Gasteiger partial charge in [0.05, 0.1) is 18.4 Å². The van der Waals surface area contributed by atoms with Crippen LogP contribution in [0, 0.1) is 5.92 Å². The van der Waals surface area contributed by atoms with Crippen molar-refractivity contribution >= 4 is 57.2 Å². The molecule has 60 heavy (non-hydrogen) atoms. The second-order valence-corrected chi connectivity index (χ2v) is 17.1. The van der Waals surface area contributed by atoms with Gasteiger partial charge in [-0.2, -0.15) is 4.68 Å². The number of rotatable bonds is 14. The molecular formula is C43H49N6O10S+. The maximum atomic E-state index is 14.1. The van der Waals surface area contributed by atoms with E-state index in [4.69, 9.17) is 23.8 Å². The monoisotopic (exact) mass is 841 g/mol. The number of hydrogen-bond acceptors (Lipinski definition) is 12. The van der Waals surface area contributed by atoms with Gasteiger partial charge in [0.1, 0.15) is 34.8 Å². The summed E-state index contributed by atoms with van der Waals surface area (Å²) in [5.74, 6) is -1.71. The Morgan fingerprint density at radius 3 is 2.17 bits per heavy atom. The molecule has 2 aromatic heterocycles. The normalized spacial score (nSPS) is 14.0. The molecule has 2 N–H and O–H groups in total. The van der Waals surface area contributed by atoms with Gasteiger partial charge in [-0.25, -0.2) is 24.2 Å². The van der Waals surface area contributed by atoms with Crippen molar-refractivity contribution in [2.45, 2.75) is 71.5 Å². The van der Waals surface area contributed by atoms with Gasteiger partial charge in [-0.15, -0.1) is 16.0 Å². The summed E-state index contributed by atoms with van der Waals surface area (Å²) in [5, 5.41) is 18.8. The highest BCUT2D eigenvalue weighted by Gasteiger charge is 2.37. The number of fused-ring (bicyclic) bond motifs is 1. The van der Waals surface area contributed by atoms with Crippen molar-refractivity contribution in [1.82, 2.24) is 14.6 Å². The summed E-state index contributed by atoms with van der Waals surface area (Å²) in [4.78, 5) is 62.8. The molecule has 3 heterocycles. The zero-order chi connectivity index (χ0) is 43.2. The predicted molar refractivity (Wildman–Crippen MR) is 222 cm³/mol. The van der Waals surface area contributed by atoms with Crippen LogP contribution in [0.1, 0.15) is 64.5 Å². The van der Waals surface area contributed by atoms with Gasteiger partial charge >= 0.3 is 24.1 Å². The first-order valence-electron chi connectivity index (χ1n) is 19.3. The van der Waals surface area contributed by atoms with Crippen LogP contribution in [0.5, 0.6) is 5.75 Å². The molecule has 0 aliphatic carbocycles. The van der Waals surface area contributed by atoms with Crippen molar-refractivity contribution in [2.24, 2.45) is 18.1 Å². The van der Waals surface area contributed by atoms with E-state index < -0.39 is 53.8 Å². The molecule has 0 saturated carbocycles. The van der Waals surface area contributed by atoms with E-state index in [9.17, 15) is 24.3 Å². The molecule has 1 aliphatic rings. The molecule has 1 saturated heterocycles. The van der Waals surface area contributed by atoms with Crippen LogP contribution in [0.3, 0.4) is 0 Å². The predicted octanol–water partition coefficient (Wildman–Crippen LogP) is 6.72. The summed E-state index contributed by atoms with van der Waals surface area (Å²) >= 11 is 0.952. The van der Waals surface area contributed by atoms with Gasteiger partial charge in [0.25, 0.3) is 6.10 Å². The number of hydrogen-bond donors (Lipinski definition) is 2. The zero-order valence-corrected chi connectivity index (χ0v) is 35.3. The number of thiazole rings is 1. The Balaban J connectivity index is 1.21. The van der Waals surface area contributed by atoms with Crippen molar-refractivity contribution in [1.29, 1.82) is 0 Å². The number of anilines is 1. The van der Waals surface area contributed by atoms with Gasteiger partial charge in [-0.3, -0.25) is 5.32 Å². The molecule has 2 amide bonds. The molecule has 3 aromatic carbocycles. The number of ether oxygens (including phenoxy) is 4. The van der Waals surface area contributed by atoms with Crippen LogP contribution in [0.25, 0.3) is 10.9 Å². The van der Waals surface area contributed by atoms with Crippen LogP contribution >= 0.6 is 11.3 Å². The van der Waals surface area contributed by atoms with Gasteiger partial charge < -0.3 is 33.8 Å². The minimum atomic E-state index is -1.55. The Kier molecular flexibility index (Phi) is 13.1. The molecule has 1 unspecified atom stereocenters. The Bertz CT molecular complexity index is 2300. The molecule has 16 nitrogen and oxygen atoms in total. The fourth-order valence-electron chi connectivity index (χ4n) is 6.24. The van der Waals surface area contributed by atoms with E-state index in [1.54, 1.807) is 31.7 Å². The van der Waals surface area contributed by atoms with Gasteiger partial charge in [-0.05, 0) is 70.9 Å².